The second-order valence-corrected chi connectivity index (χ2v) is 7.49. The molecule has 0 heterocycles. The van der Waals surface area contributed by atoms with E-state index in [4.69, 9.17) is 0 Å². The highest BCUT2D eigenvalue weighted by molar-refractivity contribution is 6.00. The summed E-state index contributed by atoms with van der Waals surface area (Å²) in [6, 6.07) is 7.69. The van der Waals surface area contributed by atoms with E-state index >= 15 is 0 Å². The fraction of sp³-hybridized carbons (Fsp3) is 0.588. The zero-order valence-electron chi connectivity index (χ0n) is 13.9. The van der Waals surface area contributed by atoms with Crippen molar-refractivity contribution in [3.05, 3.63) is 29.8 Å². The van der Waals surface area contributed by atoms with Gasteiger partial charge < -0.3 is 10.2 Å². The van der Waals surface area contributed by atoms with E-state index in [2.05, 4.69) is 39.9 Å². The standard InChI is InChI=1S/C17H28N2O/c1-16(2,3)12-17(4,5)18-15(20)13-10-8-9-11-14(13)19(6)7/h8-11H,12H2,1-7H3,(H,18,20). The Morgan fingerprint density at radius 3 is 2.15 bits per heavy atom. The highest BCUT2D eigenvalue weighted by Gasteiger charge is 2.28. The van der Waals surface area contributed by atoms with Crippen molar-refractivity contribution in [3.8, 4) is 0 Å². The molecule has 0 bridgehead atoms. The van der Waals surface area contributed by atoms with Crippen LogP contribution in [0.15, 0.2) is 24.3 Å². The number of rotatable bonds is 4. The highest BCUT2D eigenvalue weighted by Crippen LogP contribution is 2.27. The van der Waals surface area contributed by atoms with Crippen molar-refractivity contribution in [1.82, 2.24) is 5.32 Å². The molecule has 0 spiro atoms. The molecule has 1 N–H and O–H groups in total. The first-order chi connectivity index (χ1) is 9.02. The van der Waals surface area contributed by atoms with Gasteiger partial charge in [0.15, 0.2) is 0 Å². The number of para-hydroxylation sites is 1. The van der Waals surface area contributed by atoms with Crippen LogP contribution in [-0.4, -0.2) is 25.5 Å². The molecule has 20 heavy (non-hydrogen) atoms. The number of carbonyl (C=O) groups excluding carboxylic acids is 1. The van der Waals surface area contributed by atoms with Gasteiger partial charge in [0.2, 0.25) is 0 Å². The van der Waals surface area contributed by atoms with Crippen LogP contribution < -0.4 is 10.2 Å². The molecule has 0 aliphatic rings. The van der Waals surface area contributed by atoms with Crippen LogP contribution in [0.5, 0.6) is 0 Å². The normalized spacial score (nSPS) is 12.2. The maximum atomic E-state index is 12.5. The van der Waals surface area contributed by atoms with E-state index in [0.717, 1.165) is 17.7 Å². The largest absolute Gasteiger partial charge is 0.377 e. The van der Waals surface area contributed by atoms with Gasteiger partial charge in [0.05, 0.1) is 5.56 Å². The monoisotopic (exact) mass is 276 g/mol. The molecule has 0 saturated heterocycles. The molecule has 0 unspecified atom stereocenters. The van der Waals surface area contributed by atoms with Crippen LogP contribution in [0.1, 0.15) is 51.4 Å². The van der Waals surface area contributed by atoms with E-state index in [1.807, 2.05) is 43.3 Å². The van der Waals surface area contributed by atoms with Gasteiger partial charge >= 0.3 is 0 Å². The molecular weight excluding hydrogens is 248 g/mol. The predicted octanol–water partition coefficient (Wildman–Crippen LogP) is 3.70. The third kappa shape index (κ3) is 4.87. The fourth-order valence-corrected chi connectivity index (χ4v) is 2.80. The van der Waals surface area contributed by atoms with Crippen LogP contribution in [0.4, 0.5) is 5.69 Å². The number of carbonyl (C=O) groups is 1. The topological polar surface area (TPSA) is 32.3 Å². The van der Waals surface area contributed by atoms with Crippen molar-refractivity contribution < 1.29 is 4.79 Å². The molecule has 3 heteroatoms. The summed E-state index contributed by atoms with van der Waals surface area (Å²) in [6.45, 7) is 10.7. The van der Waals surface area contributed by atoms with E-state index < -0.39 is 0 Å². The van der Waals surface area contributed by atoms with E-state index in [0.29, 0.717) is 0 Å². The van der Waals surface area contributed by atoms with Crippen LogP contribution in [0.2, 0.25) is 0 Å². The van der Waals surface area contributed by atoms with Crippen LogP contribution in [0.3, 0.4) is 0 Å². The quantitative estimate of drug-likeness (QED) is 0.909. The van der Waals surface area contributed by atoms with Crippen LogP contribution in [-0.2, 0) is 0 Å². The Labute approximate surface area is 123 Å². The zero-order valence-corrected chi connectivity index (χ0v) is 13.9. The lowest BCUT2D eigenvalue weighted by Crippen LogP contribution is -2.46. The summed E-state index contributed by atoms with van der Waals surface area (Å²) in [6.07, 6.45) is 0.926. The van der Waals surface area contributed by atoms with Crippen molar-refractivity contribution in [3.63, 3.8) is 0 Å². The van der Waals surface area contributed by atoms with E-state index in [9.17, 15) is 4.79 Å². The SMILES string of the molecule is CN(C)c1ccccc1C(=O)NC(C)(C)CC(C)(C)C. The summed E-state index contributed by atoms with van der Waals surface area (Å²) in [4.78, 5) is 14.5. The average Bonchev–Trinajstić information content (AvgIpc) is 2.24. The summed E-state index contributed by atoms with van der Waals surface area (Å²) in [5.74, 6) is -0.0106. The second-order valence-electron chi connectivity index (χ2n) is 7.49. The van der Waals surface area contributed by atoms with Crippen molar-refractivity contribution >= 4 is 11.6 Å². The summed E-state index contributed by atoms with van der Waals surface area (Å²) >= 11 is 0. The van der Waals surface area contributed by atoms with Crippen molar-refractivity contribution in [2.24, 2.45) is 5.41 Å². The van der Waals surface area contributed by atoms with E-state index in [1.54, 1.807) is 0 Å². The predicted molar refractivity (Wildman–Crippen MR) is 86.4 cm³/mol. The number of nitrogens with one attached hydrogen (secondary N) is 1. The maximum Gasteiger partial charge on any atom is 0.253 e. The van der Waals surface area contributed by atoms with Crippen molar-refractivity contribution in [2.75, 3.05) is 19.0 Å². The van der Waals surface area contributed by atoms with Gasteiger partial charge in [-0.15, -0.1) is 0 Å². The Kier molecular flexibility index (Phi) is 4.85. The Balaban J connectivity index is 2.92. The molecular formula is C17H28N2O. The Bertz CT molecular complexity index is 470. The minimum absolute atomic E-state index is 0.0106. The highest BCUT2D eigenvalue weighted by atomic mass is 16.1. The van der Waals surface area contributed by atoms with Crippen molar-refractivity contribution in [2.45, 2.75) is 46.6 Å². The van der Waals surface area contributed by atoms with Gasteiger partial charge in [0, 0.05) is 25.3 Å². The molecule has 0 atom stereocenters. The first-order valence-corrected chi connectivity index (χ1v) is 7.11. The molecule has 0 aromatic heterocycles. The molecule has 1 rings (SSSR count). The molecule has 0 aliphatic carbocycles. The van der Waals surface area contributed by atoms with Crippen LogP contribution >= 0.6 is 0 Å². The molecule has 0 aliphatic heterocycles. The van der Waals surface area contributed by atoms with Gasteiger partial charge in [0.25, 0.3) is 5.91 Å². The lowest BCUT2D eigenvalue weighted by molar-refractivity contribution is 0.0892. The maximum absolute atomic E-state index is 12.5. The lowest BCUT2D eigenvalue weighted by Gasteiger charge is -2.33. The molecule has 0 fully saturated rings. The zero-order chi connectivity index (χ0) is 15.6. The lowest BCUT2D eigenvalue weighted by atomic mass is 9.81. The Morgan fingerprint density at radius 2 is 1.65 bits per heavy atom. The first kappa shape index (κ1) is 16.5. The van der Waals surface area contributed by atoms with E-state index in [1.165, 1.54) is 0 Å². The minimum Gasteiger partial charge on any atom is -0.377 e. The van der Waals surface area contributed by atoms with Crippen LogP contribution in [0, 0.1) is 5.41 Å². The number of amides is 1. The third-order valence-corrected chi connectivity index (χ3v) is 3.05. The van der Waals surface area contributed by atoms with Gasteiger partial charge in [-0.3, -0.25) is 4.79 Å². The summed E-state index contributed by atoms with van der Waals surface area (Å²) < 4.78 is 0. The third-order valence-electron chi connectivity index (χ3n) is 3.05. The molecule has 0 radical (unpaired) electrons. The van der Waals surface area contributed by atoms with Gasteiger partial charge in [-0.25, -0.2) is 0 Å². The number of nitrogens with zero attached hydrogens (tertiary/aromatic N) is 1. The molecule has 3 nitrogen and oxygen atoms in total. The van der Waals surface area contributed by atoms with Gasteiger partial charge in [0.1, 0.15) is 0 Å². The van der Waals surface area contributed by atoms with E-state index in [-0.39, 0.29) is 16.9 Å². The molecule has 1 aromatic rings. The minimum atomic E-state index is -0.227. The molecule has 0 saturated carbocycles. The van der Waals surface area contributed by atoms with Gasteiger partial charge in [-0.1, -0.05) is 32.9 Å². The number of anilines is 1. The fourth-order valence-electron chi connectivity index (χ4n) is 2.80. The van der Waals surface area contributed by atoms with Crippen LogP contribution in [0.25, 0.3) is 0 Å². The average molecular weight is 276 g/mol. The molecule has 1 amide bonds. The summed E-state index contributed by atoms with van der Waals surface area (Å²) in [5, 5.41) is 3.16. The van der Waals surface area contributed by atoms with Gasteiger partial charge in [-0.2, -0.15) is 0 Å². The summed E-state index contributed by atoms with van der Waals surface area (Å²) in [7, 11) is 3.90. The smallest absolute Gasteiger partial charge is 0.253 e. The first-order valence-electron chi connectivity index (χ1n) is 7.11. The molecule has 112 valence electrons. The summed E-state index contributed by atoms with van der Waals surface area (Å²) in [5.41, 5.74) is 1.61. The van der Waals surface area contributed by atoms with Gasteiger partial charge in [-0.05, 0) is 37.8 Å². The number of benzene rings is 1. The second kappa shape index (κ2) is 5.86. The Hall–Kier alpha value is -1.51. The molecule has 1 aromatic carbocycles. The number of hydrogen-bond donors (Lipinski definition) is 1. The number of hydrogen-bond acceptors (Lipinski definition) is 2. The van der Waals surface area contributed by atoms with Crippen molar-refractivity contribution in [1.29, 1.82) is 0 Å². The Morgan fingerprint density at radius 1 is 1.10 bits per heavy atom.